The Morgan fingerprint density at radius 3 is 1.21 bits per heavy atom. The molecule has 168 valence electrons. The van der Waals surface area contributed by atoms with Crippen LogP contribution >= 0.6 is 0 Å². The third-order valence-corrected chi connectivity index (χ3v) is 1.60. The minimum absolute atomic E-state index is 0.0938. The van der Waals surface area contributed by atoms with E-state index in [4.69, 9.17) is 25.5 Å². The molecule has 0 aromatic rings. The van der Waals surface area contributed by atoms with Crippen molar-refractivity contribution in [3.8, 4) is 0 Å². The molecule has 12 heteroatoms. The highest BCUT2D eigenvalue weighted by atomic mass is 16.5. The SMILES string of the molecule is C=CC(=O)O.C=CC(=O)O.C=CC(=O)OCCC(=O)O.CO.COCCC(=O)O. The van der Waals surface area contributed by atoms with Gasteiger partial charge in [0, 0.05) is 32.4 Å². The van der Waals surface area contributed by atoms with Gasteiger partial charge >= 0.3 is 29.8 Å². The number of rotatable bonds is 9. The van der Waals surface area contributed by atoms with E-state index < -0.39 is 29.8 Å². The van der Waals surface area contributed by atoms with E-state index in [1.165, 1.54) is 7.11 Å². The van der Waals surface area contributed by atoms with Gasteiger partial charge in [0.2, 0.25) is 0 Å². The zero-order valence-electron chi connectivity index (χ0n) is 16.3. The fourth-order valence-electron chi connectivity index (χ4n) is 0.487. The summed E-state index contributed by atoms with van der Waals surface area (Å²) < 4.78 is 8.84. The molecule has 0 radical (unpaired) electrons. The van der Waals surface area contributed by atoms with Gasteiger partial charge in [-0.05, 0) is 0 Å². The van der Waals surface area contributed by atoms with E-state index in [1.807, 2.05) is 0 Å². The van der Waals surface area contributed by atoms with Crippen molar-refractivity contribution in [2.75, 3.05) is 27.4 Å². The summed E-state index contributed by atoms with van der Waals surface area (Å²) in [6.45, 7) is 9.26. The van der Waals surface area contributed by atoms with Crippen LogP contribution in [0.2, 0.25) is 0 Å². The van der Waals surface area contributed by atoms with E-state index in [0.717, 1.165) is 25.3 Å². The summed E-state index contributed by atoms with van der Waals surface area (Å²) in [5, 5.41) is 38.3. The van der Waals surface area contributed by atoms with E-state index in [1.54, 1.807) is 0 Å². The van der Waals surface area contributed by atoms with Gasteiger partial charge in [0.1, 0.15) is 6.61 Å². The topological polar surface area (TPSA) is 205 Å². The van der Waals surface area contributed by atoms with Crippen LogP contribution in [0.25, 0.3) is 0 Å². The van der Waals surface area contributed by atoms with Crippen molar-refractivity contribution in [1.82, 2.24) is 0 Å². The highest BCUT2D eigenvalue weighted by molar-refractivity contribution is 5.81. The number of aliphatic hydroxyl groups is 1. The van der Waals surface area contributed by atoms with Crippen LogP contribution in [0.5, 0.6) is 0 Å². The van der Waals surface area contributed by atoms with Gasteiger partial charge in [-0.3, -0.25) is 9.59 Å². The molecule has 0 atom stereocenters. The Morgan fingerprint density at radius 1 is 0.724 bits per heavy atom. The average Bonchev–Trinajstić information content (AvgIpc) is 2.68. The lowest BCUT2D eigenvalue weighted by atomic mass is 10.5. The molecular weight excluding hydrogens is 396 g/mol. The Bertz CT molecular complexity index is 479. The minimum Gasteiger partial charge on any atom is -0.481 e. The third kappa shape index (κ3) is 79.4. The zero-order valence-corrected chi connectivity index (χ0v) is 16.3. The molecule has 0 aliphatic rings. The van der Waals surface area contributed by atoms with Crippen LogP contribution in [0.15, 0.2) is 38.0 Å². The molecule has 0 fully saturated rings. The summed E-state index contributed by atoms with van der Waals surface area (Å²) in [5.41, 5.74) is 0. The van der Waals surface area contributed by atoms with Crippen LogP contribution in [0.4, 0.5) is 0 Å². The van der Waals surface area contributed by atoms with Crippen molar-refractivity contribution in [3.05, 3.63) is 38.0 Å². The van der Waals surface area contributed by atoms with Gasteiger partial charge in [0.05, 0.1) is 19.4 Å². The zero-order chi connectivity index (χ0) is 24.3. The maximum absolute atomic E-state index is 10.3. The number of hydrogen-bond donors (Lipinski definition) is 5. The summed E-state index contributed by atoms with van der Waals surface area (Å²) in [6.07, 6.45) is 2.58. The van der Waals surface area contributed by atoms with Gasteiger partial charge in [-0.1, -0.05) is 19.7 Å². The number of esters is 1. The van der Waals surface area contributed by atoms with Crippen LogP contribution in [0, 0.1) is 0 Å². The smallest absolute Gasteiger partial charge is 0.330 e. The van der Waals surface area contributed by atoms with Crippen LogP contribution in [0.3, 0.4) is 0 Å². The highest BCUT2D eigenvalue weighted by Gasteiger charge is 1.98. The second kappa shape index (κ2) is 32.2. The lowest BCUT2D eigenvalue weighted by Crippen LogP contribution is -2.06. The van der Waals surface area contributed by atoms with Crippen LogP contribution in [-0.4, -0.2) is 82.8 Å². The average molecular weight is 424 g/mol. The Hall–Kier alpha value is -3.51. The van der Waals surface area contributed by atoms with Crippen LogP contribution < -0.4 is 0 Å². The number of carboxylic acids is 4. The standard InChI is InChI=1S/C6H8O4.C4H8O3.2C3H4O2.CH4O/c1-2-6(9)10-4-3-5(7)8;1-7-3-2-4(5)6;2*1-2-3(4)5;1-2/h2H,1,3-4H2,(H,7,8);2-3H2,1H3,(H,5,6);2*2H,1H2,(H,4,5);2H,1H3. The maximum atomic E-state index is 10.3. The maximum Gasteiger partial charge on any atom is 0.330 e. The van der Waals surface area contributed by atoms with Crippen molar-refractivity contribution >= 4 is 29.8 Å². The molecule has 0 spiro atoms. The molecule has 0 aliphatic heterocycles. The highest BCUT2D eigenvalue weighted by Crippen LogP contribution is 1.83. The molecule has 0 aromatic heterocycles. The van der Waals surface area contributed by atoms with Gasteiger partial charge in [-0.15, -0.1) is 0 Å². The van der Waals surface area contributed by atoms with Gasteiger partial charge in [-0.25, -0.2) is 14.4 Å². The lowest BCUT2D eigenvalue weighted by molar-refractivity contribution is -0.143. The molecule has 0 heterocycles. The molecule has 5 N–H and O–H groups in total. The number of carbonyl (C=O) groups excluding carboxylic acids is 1. The first-order valence-electron chi connectivity index (χ1n) is 7.35. The number of aliphatic carboxylic acids is 4. The monoisotopic (exact) mass is 424 g/mol. The second-order valence-electron chi connectivity index (χ2n) is 3.74. The van der Waals surface area contributed by atoms with Crippen molar-refractivity contribution < 1.29 is 59.0 Å². The third-order valence-electron chi connectivity index (χ3n) is 1.60. The Kier molecular flexibility index (Phi) is 40.4. The Balaban J connectivity index is -0.0000000893. The molecule has 0 bridgehead atoms. The quantitative estimate of drug-likeness (QED) is 0.252. The number of hydrogen-bond acceptors (Lipinski definition) is 8. The normalized spacial score (nSPS) is 7.41. The summed E-state index contributed by atoms with van der Waals surface area (Å²) in [4.78, 5) is 48.3. The van der Waals surface area contributed by atoms with Gasteiger partial charge in [-0.2, -0.15) is 0 Å². The van der Waals surface area contributed by atoms with Gasteiger partial charge < -0.3 is 35.0 Å². The van der Waals surface area contributed by atoms with Gasteiger partial charge in [0.15, 0.2) is 0 Å². The van der Waals surface area contributed by atoms with Crippen LogP contribution in [-0.2, 0) is 33.4 Å². The summed E-state index contributed by atoms with van der Waals surface area (Å²) in [5.74, 6) is -4.37. The molecular formula is C17H28O12. The summed E-state index contributed by atoms with van der Waals surface area (Å²) in [6, 6.07) is 0. The van der Waals surface area contributed by atoms with Crippen molar-refractivity contribution in [1.29, 1.82) is 0 Å². The molecule has 0 unspecified atom stereocenters. The fraction of sp³-hybridized carbons (Fsp3) is 0.353. The van der Waals surface area contributed by atoms with Crippen molar-refractivity contribution in [3.63, 3.8) is 0 Å². The summed E-state index contributed by atoms with van der Waals surface area (Å²) in [7, 11) is 2.48. The van der Waals surface area contributed by atoms with Crippen molar-refractivity contribution in [2.24, 2.45) is 0 Å². The number of ether oxygens (including phenoxy) is 2. The molecule has 12 nitrogen and oxygen atoms in total. The first kappa shape index (κ1) is 36.4. The largest absolute Gasteiger partial charge is 0.481 e. The lowest BCUT2D eigenvalue weighted by Gasteiger charge is -1.96. The molecule has 0 aliphatic carbocycles. The van der Waals surface area contributed by atoms with E-state index in [2.05, 4.69) is 29.2 Å². The predicted molar refractivity (Wildman–Crippen MR) is 101 cm³/mol. The minimum atomic E-state index is -0.989. The molecule has 0 aromatic carbocycles. The van der Waals surface area contributed by atoms with Crippen molar-refractivity contribution in [2.45, 2.75) is 12.8 Å². The van der Waals surface area contributed by atoms with E-state index in [0.29, 0.717) is 6.61 Å². The van der Waals surface area contributed by atoms with E-state index in [-0.39, 0.29) is 19.4 Å². The molecule has 0 amide bonds. The number of aliphatic hydroxyl groups excluding tert-OH is 1. The van der Waals surface area contributed by atoms with Crippen LogP contribution in [0.1, 0.15) is 12.8 Å². The first-order valence-corrected chi connectivity index (χ1v) is 7.35. The molecule has 0 saturated heterocycles. The number of carbonyl (C=O) groups is 5. The predicted octanol–water partition coefficient (Wildman–Crippen LogP) is 0.420. The molecule has 0 rings (SSSR count). The number of methoxy groups -OCH3 is 1. The van der Waals surface area contributed by atoms with E-state index >= 15 is 0 Å². The molecule has 29 heavy (non-hydrogen) atoms. The second-order valence-corrected chi connectivity index (χ2v) is 3.74. The Labute approximate surface area is 168 Å². The summed E-state index contributed by atoms with van der Waals surface area (Å²) >= 11 is 0. The molecule has 0 saturated carbocycles. The first-order chi connectivity index (χ1) is 13.5. The number of carboxylic acid groups (broad SMARTS) is 4. The van der Waals surface area contributed by atoms with Gasteiger partial charge in [0.25, 0.3) is 0 Å². The van der Waals surface area contributed by atoms with E-state index in [9.17, 15) is 24.0 Å². The fourth-order valence-corrected chi connectivity index (χ4v) is 0.487. The Morgan fingerprint density at radius 2 is 1.03 bits per heavy atom.